The maximum absolute atomic E-state index is 15.1. The molecule has 1 amide bonds. The molecule has 0 aliphatic rings. The summed E-state index contributed by atoms with van der Waals surface area (Å²) in [5.74, 6) is -1.53. The van der Waals surface area contributed by atoms with Crippen molar-refractivity contribution in [2.45, 2.75) is 45.8 Å². The Bertz CT molecular complexity index is 1410. The van der Waals surface area contributed by atoms with Crippen LogP contribution in [0.25, 0.3) is 16.9 Å². The molecule has 0 aliphatic carbocycles. The topological polar surface area (TPSA) is 75.9 Å². The molecule has 2 N–H and O–H groups in total. The van der Waals surface area contributed by atoms with Crippen molar-refractivity contribution < 1.29 is 23.4 Å². The molecule has 9 heteroatoms. The number of aromatic nitrogens is 2. The van der Waals surface area contributed by atoms with Crippen molar-refractivity contribution in [1.29, 1.82) is 0 Å². The molecule has 0 spiro atoms. The summed E-state index contributed by atoms with van der Waals surface area (Å²) in [6, 6.07) is 10.2. The number of amides is 1. The van der Waals surface area contributed by atoms with Crippen LogP contribution < -0.4 is 10.1 Å². The highest BCUT2D eigenvalue weighted by Gasteiger charge is 2.21. The number of benzene rings is 2. The van der Waals surface area contributed by atoms with E-state index in [0.717, 1.165) is 5.56 Å². The molecule has 0 saturated heterocycles. The van der Waals surface area contributed by atoms with Gasteiger partial charge < -0.3 is 19.6 Å². The van der Waals surface area contributed by atoms with E-state index < -0.39 is 23.6 Å². The second kappa shape index (κ2) is 11.3. The van der Waals surface area contributed by atoms with Gasteiger partial charge in [-0.2, -0.15) is 0 Å². The van der Waals surface area contributed by atoms with Crippen LogP contribution in [0.2, 0.25) is 5.02 Å². The molecule has 4 aromatic rings. The predicted molar refractivity (Wildman–Crippen MR) is 139 cm³/mol. The first kappa shape index (κ1) is 26.6. The number of ether oxygens (including phenoxy) is 1. The van der Waals surface area contributed by atoms with Crippen molar-refractivity contribution in [2.75, 3.05) is 6.61 Å². The molecule has 4 rings (SSSR count). The van der Waals surface area contributed by atoms with Gasteiger partial charge in [-0.15, -0.1) is 0 Å². The Labute approximate surface area is 218 Å². The van der Waals surface area contributed by atoms with Gasteiger partial charge in [0, 0.05) is 41.7 Å². The minimum atomic E-state index is -0.751. The van der Waals surface area contributed by atoms with E-state index in [2.05, 4.69) is 10.3 Å². The van der Waals surface area contributed by atoms with Gasteiger partial charge in [-0.05, 0) is 75.6 Å². The van der Waals surface area contributed by atoms with Gasteiger partial charge >= 0.3 is 0 Å². The summed E-state index contributed by atoms with van der Waals surface area (Å²) in [7, 11) is 0. The van der Waals surface area contributed by atoms with E-state index in [9.17, 15) is 9.90 Å². The van der Waals surface area contributed by atoms with E-state index in [1.165, 1.54) is 18.2 Å². The smallest absolute Gasteiger partial charge is 0.251 e. The molecule has 0 saturated carbocycles. The summed E-state index contributed by atoms with van der Waals surface area (Å²) in [5.41, 5.74) is 2.49. The number of nitrogens with zero attached hydrogens (tertiary/aromatic N) is 2. The van der Waals surface area contributed by atoms with E-state index in [1.54, 1.807) is 22.7 Å². The van der Waals surface area contributed by atoms with Crippen molar-refractivity contribution in [3.63, 3.8) is 0 Å². The summed E-state index contributed by atoms with van der Waals surface area (Å²) in [6.45, 7) is 5.36. The first-order valence-corrected chi connectivity index (χ1v) is 12.3. The Morgan fingerprint density at radius 3 is 2.54 bits per heavy atom. The lowest BCUT2D eigenvalue weighted by Crippen LogP contribution is -2.37. The number of carbonyl (C=O) groups excluding carboxylic acids is 1. The van der Waals surface area contributed by atoms with Gasteiger partial charge in [-0.1, -0.05) is 17.7 Å². The predicted octanol–water partition coefficient (Wildman–Crippen LogP) is 5.75. The van der Waals surface area contributed by atoms with Crippen molar-refractivity contribution in [3.8, 4) is 17.0 Å². The molecule has 0 aliphatic heterocycles. The summed E-state index contributed by atoms with van der Waals surface area (Å²) >= 11 is 6.24. The average Bonchev–Trinajstić information content (AvgIpc) is 3.28. The van der Waals surface area contributed by atoms with E-state index in [-0.39, 0.29) is 41.7 Å². The molecule has 0 bridgehead atoms. The van der Waals surface area contributed by atoms with Crippen LogP contribution in [0.15, 0.2) is 54.9 Å². The molecule has 1 atom stereocenters. The number of aliphatic hydroxyl groups excluding tert-OH is 1. The largest absolute Gasteiger partial charge is 0.489 e. The minimum absolute atomic E-state index is 0.0842. The number of pyridine rings is 1. The second-order valence-corrected chi connectivity index (χ2v) is 9.57. The fourth-order valence-electron chi connectivity index (χ4n) is 4.13. The maximum Gasteiger partial charge on any atom is 0.251 e. The Balaban J connectivity index is 1.53. The Morgan fingerprint density at radius 1 is 1.19 bits per heavy atom. The third kappa shape index (κ3) is 6.09. The third-order valence-electron chi connectivity index (χ3n) is 5.93. The number of fused-ring (bicyclic) bond motifs is 1. The Morgan fingerprint density at radius 2 is 1.92 bits per heavy atom. The molecular formula is C28H28ClF2N3O3. The summed E-state index contributed by atoms with van der Waals surface area (Å²) in [5, 5.41) is 12.5. The highest BCUT2D eigenvalue weighted by Crippen LogP contribution is 2.28. The number of hydrogen-bond acceptors (Lipinski definition) is 4. The van der Waals surface area contributed by atoms with Crippen LogP contribution in [0.5, 0.6) is 5.75 Å². The van der Waals surface area contributed by atoms with Crippen LogP contribution >= 0.6 is 11.6 Å². The summed E-state index contributed by atoms with van der Waals surface area (Å²) in [4.78, 5) is 17.3. The monoisotopic (exact) mass is 527 g/mol. The number of rotatable bonds is 9. The van der Waals surface area contributed by atoms with Gasteiger partial charge in [-0.25, -0.2) is 13.8 Å². The lowest BCUT2D eigenvalue weighted by molar-refractivity contribution is 0.0929. The fraction of sp³-hybridized carbons (Fsp3) is 0.286. The first-order valence-electron chi connectivity index (χ1n) is 12.0. The third-order valence-corrected chi connectivity index (χ3v) is 6.23. The molecule has 1 unspecified atom stereocenters. The van der Waals surface area contributed by atoms with Crippen molar-refractivity contribution in [1.82, 2.24) is 14.7 Å². The van der Waals surface area contributed by atoms with E-state index in [0.29, 0.717) is 22.7 Å². The number of aliphatic hydroxyl groups is 1. The summed E-state index contributed by atoms with van der Waals surface area (Å²) < 4.78 is 37.6. The zero-order valence-electron chi connectivity index (χ0n) is 20.8. The van der Waals surface area contributed by atoms with Gasteiger partial charge in [0.15, 0.2) is 0 Å². The van der Waals surface area contributed by atoms with Crippen molar-refractivity contribution in [2.24, 2.45) is 0 Å². The minimum Gasteiger partial charge on any atom is -0.489 e. The van der Waals surface area contributed by atoms with Gasteiger partial charge in [0.1, 0.15) is 23.0 Å². The molecular weight excluding hydrogens is 500 g/mol. The van der Waals surface area contributed by atoms with Crippen LogP contribution in [0.3, 0.4) is 0 Å². The van der Waals surface area contributed by atoms with E-state index >= 15 is 8.78 Å². The highest BCUT2D eigenvalue weighted by molar-refractivity contribution is 6.32. The number of aryl methyl sites for hydroxylation is 1. The molecule has 2 aromatic carbocycles. The normalized spacial score (nSPS) is 12.2. The van der Waals surface area contributed by atoms with Gasteiger partial charge in [0.25, 0.3) is 5.91 Å². The lowest BCUT2D eigenvalue weighted by atomic mass is 9.99. The van der Waals surface area contributed by atoms with Crippen LogP contribution in [0.1, 0.15) is 41.8 Å². The van der Waals surface area contributed by atoms with Crippen LogP contribution in [0.4, 0.5) is 8.78 Å². The molecule has 0 radical (unpaired) electrons. The standard InChI is InChI=1S/C28H28ClF2N3O3/c1-16(2)37-26-7-6-18(11-22(26)29)28(36)32-20(8-10-35)14-21-23(30)12-19(13-24(21)31)25-15-34-9-4-5-17(3)27(34)33-25/h4-7,9,11-13,15-16,20,35H,8,10,14H2,1-3H3,(H,32,36). The van der Waals surface area contributed by atoms with Gasteiger partial charge in [0.2, 0.25) is 0 Å². The maximum atomic E-state index is 15.1. The highest BCUT2D eigenvalue weighted by atomic mass is 35.5. The van der Waals surface area contributed by atoms with E-state index in [1.807, 2.05) is 39.1 Å². The summed E-state index contributed by atoms with van der Waals surface area (Å²) in [6.07, 6.45) is 3.42. The average molecular weight is 528 g/mol. The molecule has 6 nitrogen and oxygen atoms in total. The molecule has 2 aromatic heterocycles. The quantitative estimate of drug-likeness (QED) is 0.290. The first-order chi connectivity index (χ1) is 17.7. The SMILES string of the molecule is Cc1cccn2cc(-c3cc(F)c(CC(CCO)NC(=O)c4ccc(OC(C)C)c(Cl)c4)c(F)c3)nc12. The lowest BCUT2D eigenvalue weighted by Gasteiger charge is -2.19. The van der Waals surface area contributed by atoms with Crippen LogP contribution in [-0.4, -0.2) is 39.2 Å². The molecule has 37 heavy (non-hydrogen) atoms. The zero-order valence-corrected chi connectivity index (χ0v) is 21.5. The molecule has 2 heterocycles. The van der Waals surface area contributed by atoms with E-state index in [4.69, 9.17) is 16.3 Å². The fourth-order valence-corrected chi connectivity index (χ4v) is 4.35. The number of nitrogens with one attached hydrogen (secondary N) is 1. The Kier molecular flexibility index (Phi) is 8.10. The van der Waals surface area contributed by atoms with Gasteiger partial charge in [-0.3, -0.25) is 4.79 Å². The zero-order chi connectivity index (χ0) is 26.7. The van der Waals surface area contributed by atoms with Crippen molar-refractivity contribution >= 4 is 23.2 Å². The van der Waals surface area contributed by atoms with Crippen molar-refractivity contribution in [3.05, 3.63) is 88.2 Å². The number of hydrogen-bond donors (Lipinski definition) is 2. The Hall–Kier alpha value is -3.49. The van der Waals surface area contributed by atoms with Crippen LogP contribution in [0, 0.1) is 18.6 Å². The van der Waals surface area contributed by atoms with Crippen LogP contribution in [-0.2, 0) is 6.42 Å². The number of halogens is 3. The second-order valence-electron chi connectivity index (χ2n) is 9.17. The molecule has 194 valence electrons. The molecule has 0 fully saturated rings. The number of imidazole rings is 1. The van der Waals surface area contributed by atoms with Gasteiger partial charge in [0.05, 0.1) is 16.8 Å². The number of carbonyl (C=O) groups is 1.